The molecule has 6 nitrogen and oxygen atoms in total. The number of amides is 1. The van der Waals surface area contributed by atoms with Crippen molar-refractivity contribution in [2.45, 2.75) is 46.6 Å². The van der Waals surface area contributed by atoms with Gasteiger partial charge in [0, 0.05) is 24.3 Å². The van der Waals surface area contributed by atoms with Crippen molar-refractivity contribution in [3.8, 4) is 0 Å². The fraction of sp³-hybridized carbons (Fsp3) is 0.476. The minimum atomic E-state index is -0.119. The summed E-state index contributed by atoms with van der Waals surface area (Å²) >= 11 is 3.20. The molecule has 0 saturated heterocycles. The number of hydrogen-bond acceptors (Lipinski definition) is 6. The average molecular weight is 433 g/mol. The maximum Gasteiger partial charge on any atom is 0.259 e. The third-order valence-corrected chi connectivity index (χ3v) is 7.15. The molecule has 0 aliphatic heterocycles. The Balaban J connectivity index is 1.62. The van der Waals surface area contributed by atoms with Gasteiger partial charge in [-0.2, -0.15) is 11.3 Å². The van der Waals surface area contributed by atoms with Crippen molar-refractivity contribution in [2.24, 2.45) is 0 Å². The number of aromatic nitrogens is 2. The minimum Gasteiger partial charge on any atom is -0.354 e. The second kappa shape index (κ2) is 9.65. The standard InChI is InChI=1S/C21H28N4O2S2/c1-5-25(6-2)16(15-9-10-28-12-15)11-22-18(26)8-7-17-23-20(27)19-13(3)14(4)29-21(19)24-17/h9-10,12,16H,5-8,11H2,1-4H3,(H,22,26)(H,23,24,27). The van der Waals surface area contributed by atoms with Gasteiger partial charge in [0.15, 0.2) is 0 Å². The van der Waals surface area contributed by atoms with Crippen LogP contribution in [0.15, 0.2) is 21.6 Å². The Hall–Kier alpha value is -2.03. The number of nitrogens with zero attached hydrogens (tertiary/aromatic N) is 2. The van der Waals surface area contributed by atoms with E-state index in [1.807, 2.05) is 13.8 Å². The van der Waals surface area contributed by atoms with E-state index in [1.54, 1.807) is 11.3 Å². The number of nitrogens with one attached hydrogen (secondary N) is 2. The molecule has 8 heteroatoms. The molecule has 3 aromatic rings. The van der Waals surface area contributed by atoms with Gasteiger partial charge in [-0.15, -0.1) is 11.3 Å². The molecule has 29 heavy (non-hydrogen) atoms. The first-order valence-electron chi connectivity index (χ1n) is 9.96. The lowest BCUT2D eigenvalue weighted by Gasteiger charge is -2.29. The molecule has 3 heterocycles. The third-order valence-electron chi connectivity index (χ3n) is 5.35. The number of carbonyl (C=O) groups excluding carboxylic acids is 1. The highest BCUT2D eigenvalue weighted by Crippen LogP contribution is 2.26. The number of fused-ring (bicyclic) bond motifs is 1. The summed E-state index contributed by atoms with van der Waals surface area (Å²) in [4.78, 5) is 36.4. The molecular formula is C21H28N4O2S2. The zero-order chi connectivity index (χ0) is 21.0. The Labute approximate surface area is 179 Å². The number of thiophene rings is 2. The first-order valence-corrected chi connectivity index (χ1v) is 11.7. The molecule has 0 aromatic carbocycles. The van der Waals surface area contributed by atoms with E-state index in [9.17, 15) is 9.59 Å². The summed E-state index contributed by atoms with van der Waals surface area (Å²) in [5.41, 5.74) is 2.10. The molecule has 0 spiro atoms. The SMILES string of the molecule is CCN(CC)C(CNC(=O)CCc1nc2sc(C)c(C)c2c(=O)[nH]1)c1ccsc1. The smallest absolute Gasteiger partial charge is 0.259 e. The maximum atomic E-state index is 12.5. The summed E-state index contributed by atoms with van der Waals surface area (Å²) in [6.45, 7) is 10.6. The predicted octanol–water partition coefficient (Wildman–Crippen LogP) is 3.79. The third kappa shape index (κ3) is 4.94. The van der Waals surface area contributed by atoms with E-state index in [0.717, 1.165) is 28.4 Å². The van der Waals surface area contributed by atoms with Crippen molar-refractivity contribution in [1.29, 1.82) is 0 Å². The second-order valence-electron chi connectivity index (χ2n) is 7.07. The van der Waals surface area contributed by atoms with Gasteiger partial charge >= 0.3 is 0 Å². The summed E-state index contributed by atoms with van der Waals surface area (Å²) in [5, 5.41) is 7.94. The molecule has 2 N–H and O–H groups in total. The van der Waals surface area contributed by atoms with Crippen molar-refractivity contribution in [1.82, 2.24) is 20.2 Å². The van der Waals surface area contributed by atoms with Crippen LogP contribution in [0.5, 0.6) is 0 Å². The van der Waals surface area contributed by atoms with Gasteiger partial charge in [0.2, 0.25) is 5.91 Å². The zero-order valence-electron chi connectivity index (χ0n) is 17.4. The minimum absolute atomic E-state index is 0.0290. The molecule has 0 aliphatic carbocycles. The van der Waals surface area contributed by atoms with Crippen molar-refractivity contribution in [3.63, 3.8) is 0 Å². The van der Waals surface area contributed by atoms with Crippen LogP contribution in [0.1, 0.15) is 48.1 Å². The number of aryl methyl sites for hydroxylation is 3. The first kappa shape index (κ1) is 21.7. The van der Waals surface area contributed by atoms with Crippen LogP contribution in [0.4, 0.5) is 0 Å². The molecule has 1 unspecified atom stereocenters. The van der Waals surface area contributed by atoms with Crippen molar-refractivity contribution in [2.75, 3.05) is 19.6 Å². The highest BCUT2D eigenvalue weighted by atomic mass is 32.1. The van der Waals surface area contributed by atoms with Crippen LogP contribution in [-0.4, -0.2) is 40.4 Å². The van der Waals surface area contributed by atoms with Gasteiger partial charge in [0.25, 0.3) is 5.56 Å². The van der Waals surface area contributed by atoms with E-state index in [2.05, 4.69) is 50.9 Å². The van der Waals surface area contributed by atoms with Crippen LogP contribution >= 0.6 is 22.7 Å². The van der Waals surface area contributed by atoms with Crippen molar-refractivity contribution < 1.29 is 4.79 Å². The van der Waals surface area contributed by atoms with Gasteiger partial charge in [-0.25, -0.2) is 4.98 Å². The fourth-order valence-electron chi connectivity index (χ4n) is 3.54. The quantitative estimate of drug-likeness (QED) is 0.539. The van der Waals surface area contributed by atoms with Crippen molar-refractivity contribution in [3.05, 3.63) is 49.0 Å². The van der Waals surface area contributed by atoms with Gasteiger partial charge in [-0.1, -0.05) is 13.8 Å². The zero-order valence-corrected chi connectivity index (χ0v) is 19.0. The Morgan fingerprint density at radius 3 is 2.72 bits per heavy atom. The summed E-state index contributed by atoms with van der Waals surface area (Å²) in [5.74, 6) is 0.538. The highest BCUT2D eigenvalue weighted by molar-refractivity contribution is 7.18. The molecule has 3 rings (SSSR count). The lowest BCUT2D eigenvalue weighted by Crippen LogP contribution is -2.38. The molecule has 0 aliphatic rings. The molecule has 0 saturated carbocycles. The van der Waals surface area contributed by atoms with Crippen LogP contribution in [0.3, 0.4) is 0 Å². The summed E-state index contributed by atoms with van der Waals surface area (Å²) in [6.07, 6.45) is 0.716. The highest BCUT2D eigenvalue weighted by Gasteiger charge is 2.19. The number of likely N-dealkylation sites (N-methyl/N-ethyl adjacent to an activating group) is 1. The number of H-pyrrole nitrogens is 1. The van der Waals surface area contributed by atoms with Crippen LogP contribution < -0.4 is 10.9 Å². The molecule has 1 atom stereocenters. The monoisotopic (exact) mass is 432 g/mol. The normalized spacial score (nSPS) is 12.6. The number of carbonyl (C=O) groups is 1. The molecule has 0 bridgehead atoms. The van der Waals surface area contributed by atoms with Gasteiger partial charge in [0.05, 0.1) is 11.4 Å². The topological polar surface area (TPSA) is 78.1 Å². The molecule has 3 aromatic heterocycles. The summed E-state index contributed by atoms with van der Waals surface area (Å²) in [6, 6.07) is 2.29. The lowest BCUT2D eigenvalue weighted by molar-refractivity contribution is -0.121. The van der Waals surface area contributed by atoms with Crippen LogP contribution in [-0.2, 0) is 11.2 Å². The number of aromatic amines is 1. The second-order valence-corrected chi connectivity index (χ2v) is 9.06. The van der Waals surface area contributed by atoms with Gasteiger partial charge in [-0.05, 0) is 54.9 Å². The van der Waals surface area contributed by atoms with E-state index in [0.29, 0.717) is 30.6 Å². The van der Waals surface area contributed by atoms with E-state index in [4.69, 9.17) is 0 Å². The lowest BCUT2D eigenvalue weighted by atomic mass is 10.1. The summed E-state index contributed by atoms with van der Waals surface area (Å²) in [7, 11) is 0. The van der Waals surface area contributed by atoms with Gasteiger partial charge < -0.3 is 10.3 Å². The molecule has 0 fully saturated rings. The number of rotatable bonds is 9. The van der Waals surface area contributed by atoms with E-state index < -0.39 is 0 Å². The first-order chi connectivity index (χ1) is 13.9. The Morgan fingerprint density at radius 1 is 1.31 bits per heavy atom. The van der Waals surface area contributed by atoms with Gasteiger partial charge in [-0.3, -0.25) is 14.5 Å². The van der Waals surface area contributed by atoms with Crippen LogP contribution in [0, 0.1) is 13.8 Å². The Kier molecular flexibility index (Phi) is 7.21. The van der Waals surface area contributed by atoms with Crippen LogP contribution in [0.2, 0.25) is 0 Å². The maximum absolute atomic E-state index is 12.5. The predicted molar refractivity (Wildman–Crippen MR) is 121 cm³/mol. The van der Waals surface area contributed by atoms with Crippen molar-refractivity contribution >= 4 is 38.8 Å². The largest absolute Gasteiger partial charge is 0.354 e. The molecule has 1 amide bonds. The Bertz CT molecular complexity index is 1020. The summed E-state index contributed by atoms with van der Waals surface area (Å²) < 4.78 is 0. The van der Waals surface area contributed by atoms with E-state index in [1.165, 1.54) is 16.9 Å². The Morgan fingerprint density at radius 2 is 2.07 bits per heavy atom. The molecule has 156 valence electrons. The molecular weight excluding hydrogens is 404 g/mol. The average Bonchev–Trinajstić information content (AvgIpc) is 3.32. The van der Waals surface area contributed by atoms with E-state index in [-0.39, 0.29) is 17.5 Å². The van der Waals surface area contributed by atoms with Gasteiger partial charge in [0.1, 0.15) is 10.7 Å². The number of hydrogen-bond donors (Lipinski definition) is 2. The molecule has 0 radical (unpaired) electrons. The fourth-order valence-corrected chi connectivity index (χ4v) is 5.29. The van der Waals surface area contributed by atoms with Crippen LogP contribution in [0.25, 0.3) is 10.2 Å². The van der Waals surface area contributed by atoms with E-state index >= 15 is 0 Å².